The molecular weight excluding hydrogens is 288 g/mol. The second-order valence-corrected chi connectivity index (χ2v) is 7.64. The van der Waals surface area contributed by atoms with Crippen molar-refractivity contribution in [2.75, 3.05) is 36.1 Å². The molecule has 110 valence electrons. The predicted molar refractivity (Wildman–Crippen MR) is 87.9 cm³/mol. The van der Waals surface area contributed by atoms with Crippen molar-refractivity contribution in [1.82, 2.24) is 9.88 Å². The number of thioether (sulfide) groups is 2. The molecule has 2 fully saturated rings. The van der Waals surface area contributed by atoms with Crippen molar-refractivity contribution in [2.24, 2.45) is 0 Å². The molecule has 0 atom stereocenters. The Bertz CT molecular complexity index is 388. The van der Waals surface area contributed by atoms with Crippen molar-refractivity contribution in [3.05, 3.63) is 24.5 Å². The van der Waals surface area contributed by atoms with Crippen molar-refractivity contribution in [3.8, 4) is 5.75 Å². The number of aromatic nitrogens is 1. The number of rotatable bonds is 3. The van der Waals surface area contributed by atoms with Gasteiger partial charge in [0.1, 0.15) is 11.9 Å². The third-order valence-corrected chi connectivity index (χ3v) is 6.42. The Balaban J connectivity index is 1.46. The molecule has 1 aromatic heterocycles. The maximum absolute atomic E-state index is 6.04. The van der Waals surface area contributed by atoms with Crippen molar-refractivity contribution in [3.63, 3.8) is 0 Å². The topological polar surface area (TPSA) is 25.4 Å². The average molecular weight is 310 g/mol. The van der Waals surface area contributed by atoms with Gasteiger partial charge in [0.2, 0.25) is 0 Å². The quantitative estimate of drug-likeness (QED) is 0.855. The van der Waals surface area contributed by atoms with E-state index in [2.05, 4.69) is 33.4 Å². The minimum absolute atomic E-state index is 0.375. The van der Waals surface area contributed by atoms with Gasteiger partial charge in [-0.1, -0.05) is 0 Å². The van der Waals surface area contributed by atoms with E-state index in [1.165, 1.54) is 36.1 Å². The fourth-order valence-electron chi connectivity index (χ4n) is 2.78. The molecule has 3 nitrogen and oxygen atoms in total. The van der Waals surface area contributed by atoms with Gasteiger partial charge in [-0.2, -0.15) is 23.5 Å². The van der Waals surface area contributed by atoms with Gasteiger partial charge >= 0.3 is 0 Å². The van der Waals surface area contributed by atoms with Gasteiger partial charge in [-0.15, -0.1) is 0 Å². The van der Waals surface area contributed by atoms with Crippen LogP contribution in [-0.2, 0) is 0 Å². The van der Waals surface area contributed by atoms with Gasteiger partial charge in [-0.05, 0) is 25.0 Å². The van der Waals surface area contributed by atoms with Crippen molar-refractivity contribution >= 4 is 23.5 Å². The SMILES string of the molecule is c1cc(OC2CCN(C3CSCCSC3)CC2)ccn1. The van der Waals surface area contributed by atoms with Gasteiger partial charge in [-0.3, -0.25) is 9.88 Å². The Morgan fingerprint density at radius 2 is 1.70 bits per heavy atom. The van der Waals surface area contributed by atoms with Gasteiger partial charge in [0.05, 0.1) is 0 Å². The van der Waals surface area contributed by atoms with Crippen LogP contribution in [0.3, 0.4) is 0 Å². The van der Waals surface area contributed by atoms with E-state index in [0.29, 0.717) is 6.10 Å². The van der Waals surface area contributed by atoms with Crippen LogP contribution in [0.4, 0.5) is 0 Å². The number of hydrogen-bond donors (Lipinski definition) is 0. The van der Waals surface area contributed by atoms with Crippen molar-refractivity contribution < 1.29 is 4.74 Å². The standard InChI is InChI=1S/C15H22N2OS2/c1-5-16-6-2-14(1)18-15-3-7-17(8-4-15)13-11-19-9-10-20-12-13/h1-2,5-6,13,15H,3-4,7-12H2. The molecular formula is C15H22N2OS2. The number of hydrogen-bond acceptors (Lipinski definition) is 5. The summed E-state index contributed by atoms with van der Waals surface area (Å²) in [5.41, 5.74) is 0. The lowest BCUT2D eigenvalue weighted by Gasteiger charge is -2.36. The van der Waals surface area contributed by atoms with E-state index in [4.69, 9.17) is 4.74 Å². The Hall–Kier alpha value is -0.390. The van der Waals surface area contributed by atoms with Crippen LogP contribution in [0.15, 0.2) is 24.5 Å². The van der Waals surface area contributed by atoms with Gasteiger partial charge in [0.15, 0.2) is 0 Å². The summed E-state index contributed by atoms with van der Waals surface area (Å²) in [4.78, 5) is 6.71. The van der Waals surface area contributed by atoms with Crippen LogP contribution in [0.2, 0.25) is 0 Å². The first-order valence-electron chi connectivity index (χ1n) is 7.38. The highest BCUT2D eigenvalue weighted by atomic mass is 32.2. The molecule has 5 heteroatoms. The van der Waals surface area contributed by atoms with Gasteiger partial charge in [-0.25, -0.2) is 0 Å². The summed E-state index contributed by atoms with van der Waals surface area (Å²) in [6, 6.07) is 4.67. The second kappa shape index (κ2) is 7.57. The maximum Gasteiger partial charge on any atom is 0.122 e. The summed E-state index contributed by atoms with van der Waals surface area (Å²) in [7, 11) is 0. The first kappa shape index (κ1) is 14.5. The fourth-order valence-corrected chi connectivity index (χ4v) is 5.41. The molecule has 0 aliphatic carbocycles. The Morgan fingerprint density at radius 1 is 1.05 bits per heavy atom. The van der Waals surface area contributed by atoms with Gasteiger partial charge in [0, 0.05) is 54.5 Å². The van der Waals surface area contributed by atoms with E-state index in [0.717, 1.165) is 24.6 Å². The van der Waals surface area contributed by atoms with Gasteiger partial charge < -0.3 is 4.74 Å². The largest absolute Gasteiger partial charge is 0.490 e. The highest BCUT2D eigenvalue weighted by molar-refractivity contribution is 8.03. The lowest BCUT2D eigenvalue weighted by atomic mass is 10.1. The van der Waals surface area contributed by atoms with Crippen molar-refractivity contribution in [1.29, 1.82) is 0 Å². The molecule has 0 spiro atoms. The monoisotopic (exact) mass is 310 g/mol. The molecule has 0 saturated carbocycles. The van der Waals surface area contributed by atoms with E-state index in [9.17, 15) is 0 Å². The lowest BCUT2D eigenvalue weighted by Crippen LogP contribution is -2.46. The van der Waals surface area contributed by atoms with E-state index in [1.807, 2.05) is 12.1 Å². The summed E-state index contributed by atoms with van der Waals surface area (Å²) >= 11 is 4.24. The number of ether oxygens (including phenoxy) is 1. The number of likely N-dealkylation sites (tertiary alicyclic amines) is 1. The van der Waals surface area contributed by atoms with Crippen LogP contribution in [0.25, 0.3) is 0 Å². The minimum Gasteiger partial charge on any atom is -0.490 e. The molecule has 3 rings (SSSR count). The van der Waals surface area contributed by atoms with E-state index >= 15 is 0 Å². The first-order chi connectivity index (χ1) is 9.92. The van der Waals surface area contributed by atoms with Crippen LogP contribution in [0.5, 0.6) is 5.75 Å². The lowest BCUT2D eigenvalue weighted by molar-refractivity contribution is 0.0864. The number of piperidine rings is 1. The molecule has 0 bridgehead atoms. The Kier molecular flexibility index (Phi) is 5.51. The number of nitrogens with zero attached hydrogens (tertiary/aromatic N) is 2. The van der Waals surface area contributed by atoms with Crippen LogP contribution < -0.4 is 4.74 Å². The molecule has 0 amide bonds. The molecule has 20 heavy (non-hydrogen) atoms. The molecule has 1 aromatic rings. The predicted octanol–water partition coefficient (Wildman–Crippen LogP) is 2.77. The second-order valence-electron chi connectivity index (χ2n) is 5.34. The highest BCUT2D eigenvalue weighted by Gasteiger charge is 2.26. The molecule has 0 N–H and O–H groups in total. The molecule has 2 saturated heterocycles. The normalized spacial score (nSPS) is 23.4. The maximum atomic E-state index is 6.04. The molecule has 0 unspecified atom stereocenters. The summed E-state index contributed by atoms with van der Waals surface area (Å²) in [5.74, 6) is 6.22. The summed E-state index contributed by atoms with van der Waals surface area (Å²) < 4.78 is 6.04. The third kappa shape index (κ3) is 4.06. The third-order valence-electron chi connectivity index (χ3n) is 3.94. The van der Waals surface area contributed by atoms with E-state index in [-0.39, 0.29) is 0 Å². The summed E-state index contributed by atoms with van der Waals surface area (Å²) in [6.07, 6.45) is 6.26. The molecule has 2 aliphatic rings. The Morgan fingerprint density at radius 3 is 2.35 bits per heavy atom. The van der Waals surface area contributed by atoms with Crippen LogP contribution >= 0.6 is 23.5 Å². The smallest absolute Gasteiger partial charge is 0.122 e. The summed E-state index contributed by atoms with van der Waals surface area (Å²) in [5, 5.41) is 0. The van der Waals surface area contributed by atoms with E-state index in [1.54, 1.807) is 12.4 Å². The highest BCUT2D eigenvalue weighted by Crippen LogP contribution is 2.24. The van der Waals surface area contributed by atoms with Gasteiger partial charge in [0.25, 0.3) is 0 Å². The van der Waals surface area contributed by atoms with E-state index < -0.39 is 0 Å². The molecule has 0 radical (unpaired) electrons. The zero-order valence-corrected chi connectivity index (χ0v) is 13.4. The Labute approximate surface area is 129 Å². The van der Waals surface area contributed by atoms with Crippen LogP contribution in [0.1, 0.15) is 12.8 Å². The van der Waals surface area contributed by atoms with Crippen molar-refractivity contribution in [2.45, 2.75) is 25.0 Å². The zero-order chi connectivity index (χ0) is 13.6. The minimum atomic E-state index is 0.375. The first-order valence-corrected chi connectivity index (χ1v) is 9.69. The van der Waals surface area contributed by atoms with Crippen LogP contribution in [0, 0.1) is 0 Å². The summed E-state index contributed by atoms with van der Waals surface area (Å²) in [6.45, 7) is 2.36. The molecule has 0 aromatic carbocycles. The molecule has 2 aliphatic heterocycles. The zero-order valence-electron chi connectivity index (χ0n) is 11.7. The van der Waals surface area contributed by atoms with Crippen LogP contribution in [-0.4, -0.2) is 58.1 Å². The molecule has 3 heterocycles. The average Bonchev–Trinajstić information content (AvgIpc) is 2.78. The number of pyridine rings is 1. The fraction of sp³-hybridized carbons (Fsp3) is 0.667.